The summed E-state index contributed by atoms with van der Waals surface area (Å²) in [6, 6.07) is 0. The molecule has 2 N–H and O–H groups in total. The first-order valence-electron chi connectivity index (χ1n) is 6.69. The molecule has 0 aliphatic carbocycles. The molecule has 6 heteroatoms. The molecule has 108 valence electrons. The molecule has 19 heavy (non-hydrogen) atoms. The van der Waals surface area contributed by atoms with E-state index in [2.05, 4.69) is 30.9 Å². The lowest BCUT2D eigenvalue weighted by atomic mass is 9.88. The lowest BCUT2D eigenvalue weighted by Crippen LogP contribution is -2.37. The van der Waals surface area contributed by atoms with Gasteiger partial charge in [0.25, 0.3) is 0 Å². The first-order valence-corrected chi connectivity index (χ1v) is 6.69. The minimum Gasteiger partial charge on any atom is -0.379 e. The predicted octanol–water partition coefficient (Wildman–Crippen LogP) is 1.77. The maximum atomic E-state index is 6.21. The molecule has 1 fully saturated rings. The van der Waals surface area contributed by atoms with Gasteiger partial charge in [-0.1, -0.05) is 25.9 Å². The summed E-state index contributed by atoms with van der Waals surface area (Å²) in [7, 11) is 0. The van der Waals surface area contributed by atoms with Crippen LogP contribution in [0.3, 0.4) is 0 Å². The maximum Gasteiger partial charge on any atom is 0.249 e. The largest absolute Gasteiger partial charge is 0.379 e. The summed E-state index contributed by atoms with van der Waals surface area (Å²) in [5.74, 6) is 0.995. The summed E-state index contributed by atoms with van der Waals surface area (Å²) < 4.78 is 16.4. The van der Waals surface area contributed by atoms with E-state index in [1.807, 2.05) is 6.92 Å². The number of hydrogen-bond acceptors (Lipinski definition) is 6. The molecule has 1 aliphatic heterocycles. The number of aromatic nitrogens is 2. The monoisotopic (exact) mass is 269 g/mol. The summed E-state index contributed by atoms with van der Waals surface area (Å²) in [6.45, 7) is 9.85. The van der Waals surface area contributed by atoms with E-state index in [1.54, 1.807) is 0 Å². The highest BCUT2D eigenvalue weighted by molar-refractivity contribution is 5.06. The SMILES string of the molecule is CCOC(c1noc(C2(N)CCOC2)n1)C(C)(C)C. The average Bonchev–Trinajstić information content (AvgIpc) is 2.93. The molecule has 1 aromatic heterocycles. The molecule has 0 saturated carbocycles. The molecule has 2 unspecified atom stereocenters. The summed E-state index contributed by atoms with van der Waals surface area (Å²) in [4.78, 5) is 4.44. The molecule has 6 nitrogen and oxygen atoms in total. The molecule has 0 bridgehead atoms. The molecule has 0 radical (unpaired) electrons. The van der Waals surface area contributed by atoms with Crippen LogP contribution < -0.4 is 5.73 Å². The van der Waals surface area contributed by atoms with Gasteiger partial charge in [0.2, 0.25) is 11.7 Å². The van der Waals surface area contributed by atoms with Crippen LogP contribution in [0.5, 0.6) is 0 Å². The van der Waals surface area contributed by atoms with Crippen LogP contribution in [0.4, 0.5) is 0 Å². The molecule has 1 saturated heterocycles. The van der Waals surface area contributed by atoms with Gasteiger partial charge in [0.15, 0.2) is 0 Å². The fourth-order valence-corrected chi connectivity index (χ4v) is 2.17. The standard InChI is InChI=1S/C13H23N3O3/c1-5-18-9(12(2,3)4)10-15-11(19-16-10)13(14)6-7-17-8-13/h9H,5-8,14H2,1-4H3. The number of rotatable bonds is 4. The molecule has 0 spiro atoms. The van der Waals surface area contributed by atoms with Crippen LogP contribution >= 0.6 is 0 Å². The van der Waals surface area contributed by atoms with Crippen LogP contribution in [0.2, 0.25) is 0 Å². The lowest BCUT2D eigenvalue weighted by molar-refractivity contribution is -0.0203. The van der Waals surface area contributed by atoms with Crippen LogP contribution in [0, 0.1) is 5.41 Å². The third-order valence-corrected chi connectivity index (χ3v) is 3.27. The van der Waals surface area contributed by atoms with E-state index in [1.165, 1.54) is 0 Å². The first-order chi connectivity index (χ1) is 8.87. The van der Waals surface area contributed by atoms with Gasteiger partial charge in [-0.2, -0.15) is 4.98 Å². The van der Waals surface area contributed by atoms with Crippen molar-refractivity contribution in [2.24, 2.45) is 11.1 Å². The maximum absolute atomic E-state index is 6.21. The Morgan fingerprint density at radius 3 is 2.74 bits per heavy atom. The zero-order chi connectivity index (χ0) is 14.1. The van der Waals surface area contributed by atoms with Crippen molar-refractivity contribution in [3.63, 3.8) is 0 Å². The van der Waals surface area contributed by atoms with Crippen LogP contribution in [-0.2, 0) is 15.0 Å². The van der Waals surface area contributed by atoms with Crippen molar-refractivity contribution in [2.45, 2.75) is 45.8 Å². The van der Waals surface area contributed by atoms with E-state index >= 15 is 0 Å². The van der Waals surface area contributed by atoms with Crippen LogP contribution in [-0.4, -0.2) is 30.0 Å². The van der Waals surface area contributed by atoms with Crippen molar-refractivity contribution >= 4 is 0 Å². The summed E-state index contributed by atoms with van der Waals surface area (Å²) >= 11 is 0. The van der Waals surface area contributed by atoms with Crippen molar-refractivity contribution in [3.8, 4) is 0 Å². The van der Waals surface area contributed by atoms with Crippen molar-refractivity contribution in [1.82, 2.24) is 10.1 Å². The van der Waals surface area contributed by atoms with E-state index < -0.39 is 5.54 Å². The topological polar surface area (TPSA) is 83.4 Å². The number of nitrogens with two attached hydrogens (primary N) is 1. The Morgan fingerprint density at radius 1 is 1.47 bits per heavy atom. The van der Waals surface area contributed by atoms with Gasteiger partial charge in [0.1, 0.15) is 11.6 Å². The van der Waals surface area contributed by atoms with Gasteiger partial charge in [-0.05, 0) is 18.8 Å². The van der Waals surface area contributed by atoms with Gasteiger partial charge in [0, 0.05) is 13.2 Å². The van der Waals surface area contributed by atoms with Crippen molar-refractivity contribution < 1.29 is 14.0 Å². The molecule has 2 rings (SSSR count). The third kappa shape index (κ3) is 2.96. The van der Waals surface area contributed by atoms with Gasteiger partial charge >= 0.3 is 0 Å². The molecule has 1 aliphatic rings. The second-order valence-corrected chi connectivity index (χ2v) is 6.12. The number of ether oxygens (including phenoxy) is 2. The van der Waals surface area contributed by atoms with E-state index in [0.29, 0.717) is 38.0 Å². The average molecular weight is 269 g/mol. The fourth-order valence-electron chi connectivity index (χ4n) is 2.17. The molecule has 0 amide bonds. The Hall–Kier alpha value is -0.980. The van der Waals surface area contributed by atoms with Crippen molar-refractivity contribution in [1.29, 1.82) is 0 Å². The molecule has 2 heterocycles. The van der Waals surface area contributed by atoms with Gasteiger partial charge in [-0.15, -0.1) is 0 Å². The summed E-state index contributed by atoms with van der Waals surface area (Å²) in [6.07, 6.45) is 0.490. The van der Waals surface area contributed by atoms with Gasteiger partial charge in [-0.3, -0.25) is 0 Å². The Bertz CT molecular complexity index is 419. The van der Waals surface area contributed by atoms with Gasteiger partial charge < -0.3 is 19.7 Å². The van der Waals surface area contributed by atoms with Crippen LogP contribution in [0.25, 0.3) is 0 Å². The smallest absolute Gasteiger partial charge is 0.249 e. The zero-order valence-electron chi connectivity index (χ0n) is 12.1. The first kappa shape index (κ1) is 14.4. The predicted molar refractivity (Wildman–Crippen MR) is 69.4 cm³/mol. The highest BCUT2D eigenvalue weighted by atomic mass is 16.5. The second kappa shape index (κ2) is 5.19. The summed E-state index contributed by atoms with van der Waals surface area (Å²) in [5, 5.41) is 4.04. The van der Waals surface area contributed by atoms with E-state index in [0.717, 1.165) is 0 Å². The highest BCUT2D eigenvalue weighted by Crippen LogP contribution is 2.35. The van der Waals surface area contributed by atoms with Gasteiger partial charge in [0.05, 0.1) is 6.61 Å². The van der Waals surface area contributed by atoms with Crippen LogP contribution in [0.1, 0.15) is 51.9 Å². The zero-order valence-corrected chi connectivity index (χ0v) is 12.1. The highest BCUT2D eigenvalue weighted by Gasteiger charge is 2.40. The Kier molecular flexibility index (Phi) is 3.94. The quantitative estimate of drug-likeness (QED) is 0.896. The molecular weight excluding hydrogens is 246 g/mol. The van der Waals surface area contributed by atoms with Crippen molar-refractivity contribution in [2.75, 3.05) is 19.8 Å². The second-order valence-electron chi connectivity index (χ2n) is 6.12. The number of hydrogen-bond donors (Lipinski definition) is 1. The normalized spacial score (nSPS) is 25.7. The minimum atomic E-state index is -0.653. The summed E-state index contributed by atoms with van der Waals surface area (Å²) in [5.41, 5.74) is 5.46. The van der Waals surface area contributed by atoms with Crippen LogP contribution in [0.15, 0.2) is 4.52 Å². The lowest BCUT2D eigenvalue weighted by Gasteiger charge is -2.27. The Morgan fingerprint density at radius 2 is 2.21 bits per heavy atom. The van der Waals surface area contributed by atoms with Gasteiger partial charge in [-0.25, -0.2) is 0 Å². The minimum absolute atomic E-state index is 0.106. The Labute approximate surface area is 113 Å². The molecule has 2 atom stereocenters. The third-order valence-electron chi connectivity index (χ3n) is 3.27. The van der Waals surface area contributed by atoms with E-state index in [9.17, 15) is 0 Å². The van der Waals surface area contributed by atoms with E-state index in [-0.39, 0.29) is 11.5 Å². The molecule has 0 aromatic carbocycles. The Balaban J connectivity index is 2.23. The van der Waals surface area contributed by atoms with E-state index in [4.69, 9.17) is 19.7 Å². The molecular formula is C13H23N3O3. The fraction of sp³-hybridized carbons (Fsp3) is 0.846. The number of nitrogens with zero attached hydrogens (tertiary/aromatic N) is 2. The molecule has 1 aromatic rings. The van der Waals surface area contributed by atoms with Crippen molar-refractivity contribution in [3.05, 3.63) is 11.7 Å².